The van der Waals surface area contributed by atoms with Gasteiger partial charge in [0.2, 0.25) is 0 Å². The Morgan fingerprint density at radius 2 is 0.714 bits per heavy atom. The molecule has 0 spiro atoms. The van der Waals surface area contributed by atoms with Crippen LogP contribution < -0.4 is 0 Å². The zero-order chi connectivity index (χ0) is 22.0. The lowest BCUT2D eigenvalue weighted by Gasteiger charge is -2.39. The molecule has 0 aromatic carbocycles. The molecule has 0 unspecified atom stereocenters. The van der Waals surface area contributed by atoms with Crippen molar-refractivity contribution in [1.29, 1.82) is 0 Å². The van der Waals surface area contributed by atoms with Gasteiger partial charge in [-0.25, -0.2) is 0 Å². The summed E-state index contributed by atoms with van der Waals surface area (Å²) < 4.78 is 0. The van der Waals surface area contributed by atoms with Crippen molar-refractivity contribution in [2.24, 2.45) is 22.7 Å². The third-order valence-corrected chi connectivity index (χ3v) is 13.9. The second-order valence-electron chi connectivity index (χ2n) is 12.6. The first-order valence-corrected chi connectivity index (χ1v) is 19.0. The number of hydrogen-bond acceptors (Lipinski definition) is 2. The highest BCUT2D eigenvalue weighted by molar-refractivity contribution is 8.14. The lowest BCUT2D eigenvalue weighted by molar-refractivity contribution is 0.181. The summed E-state index contributed by atoms with van der Waals surface area (Å²) in [6, 6.07) is -1.97. The average molecular weight is 465 g/mol. The number of rotatable bonds is 2. The van der Waals surface area contributed by atoms with Gasteiger partial charge in [-0.1, -0.05) is 65.2 Å². The van der Waals surface area contributed by atoms with Gasteiger partial charge in [-0.05, 0) is 124 Å². The van der Waals surface area contributed by atoms with E-state index in [0.29, 0.717) is 10.8 Å². The van der Waals surface area contributed by atoms with E-state index in [1.807, 2.05) is 0 Å². The maximum Gasteiger partial charge on any atom is -0.0123 e. The molecule has 0 saturated heterocycles. The molecule has 0 aromatic rings. The van der Waals surface area contributed by atoms with Gasteiger partial charge in [-0.15, -0.1) is 0 Å². The molecule has 0 N–H and O–H groups in total. The summed E-state index contributed by atoms with van der Waals surface area (Å²) in [7, 11) is 0. The van der Waals surface area contributed by atoms with Crippen molar-refractivity contribution in [2.45, 2.75) is 104 Å². The molecule has 2 fully saturated rings. The van der Waals surface area contributed by atoms with Crippen LogP contribution in [0.3, 0.4) is 0 Å². The van der Waals surface area contributed by atoms with Gasteiger partial charge < -0.3 is 0 Å². The minimum Gasteiger partial charge on any atom is -0.0978 e. The molecule has 0 atom stereocenters. The Morgan fingerprint density at radius 1 is 0.500 bits per heavy atom. The third kappa shape index (κ3) is 9.20. The molecule has 2 aliphatic carbocycles. The lowest BCUT2D eigenvalue weighted by Crippen LogP contribution is -2.27. The highest BCUT2D eigenvalue weighted by atomic mass is 32.4. The van der Waals surface area contributed by atoms with Crippen LogP contribution in [0.2, 0.25) is 0 Å². The molecule has 2 saturated carbocycles. The highest BCUT2D eigenvalue weighted by Crippen LogP contribution is 2.53. The molecule has 0 bridgehead atoms. The molecule has 0 nitrogen and oxygen atoms in total. The summed E-state index contributed by atoms with van der Waals surface area (Å²) in [5, 5.41) is 0. The van der Waals surface area contributed by atoms with E-state index in [4.69, 9.17) is 23.6 Å². The maximum absolute atomic E-state index is 5.65. The quantitative estimate of drug-likeness (QED) is 0.375. The zero-order valence-corrected chi connectivity index (χ0v) is 24.1. The largest absolute Gasteiger partial charge is 0.0978 e. The Hall–Kier alpha value is 1.30. The van der Waals surface area contributed by atoms with E-state index in [0.717, 1.165) is 23.2 Å². The Balaban J connectivity index is 0.000000280. The normalized spacial score (nSPS) is 30.4. The first-order valence-electron chi connectivity index (χ1n) is 11.5. The molecule has 28 heavy (non-hydrogen) atoms. The van der Waals surface area contributed by atoms with Crippen molar-refractivity contribution in [3.63, 3.8) is 0 Å². The molecule has 0 amide bonds. The van der Waals surface area contributed by atoms with Crippen molar-refractivity contribution < 1.29 is 0 Å². The van der Waals surface area contributed by atoms with E-state index in [9.17, 15) is 0 Å². The van der Waals surface area contributed by atoms with E-state index in [1.165, 1.54) is 51.4 Å². The summed E-state index contributed by atoms with van der Waals surface area (Å²) >= 11 is 11.3. The van der Waals surface area contributed by atoms with Gasteiger partial charge in [-0.3, -0.25) is 0 Å². The molecule has 2 aliphatic rings. The highest BCUT2D eigenvalue weighted by Gasteiger charge is 2.33. The molecule has 0 aromatic heterocycles. The molecule has 4 heteroatoms. The Labute approximate surface area is 188 Å². The van der Waals surface area contributed by atoms with Crippen LogP contribution in [0, 0.1) is 22.7 Å². The minimum absolute atomic E-state index is 0.509. The van der Waals surface area contributed by atoms with Gasteiger partial charge in [0.05, 0.1) is 0 Å². The molecule has 168 valence electrons. The molecule has 0 aliphatic heterocycles. The monoisotopic (exact) mass is 464 g/mol. The lowest BCUT2D eigenvalue weighted by atomic mass is 9.72. The topological polar surface area (TPSA) is 0 Å². The first kappa shape index (κ1) is 27.3. The standard InChI is InChI=1S/2C12H25PS/c2*1-12(2,3)10-6-8-11(9-7-10)13(4,5)14/h2*10-11H,6-9H2,1-5H3. The minimum atomic E-state index is -0.987. The van der Waals surface area contributed by atoms with Gasteiger partial charge in [0.15, 0.2) is 0 Å². The van der Waals surface area contributed by atoms with E-state index < -0.39 is 12.1 Å². The number of hydrogen-bond donors (Lipinski definition) is 0. The fraction of sp³-hybridized carbons (Fsp3) is 1.00. The summed E-state index contributed by atoms with van der Waals surface area (Å²) in [6.07, 6.45) is 11.2. The second-order valence-corrected chi connectivity index (χ2v) is 25.5. The van der Waals surface area contributed by atoms with E-state index in [2.05, 4.69) is 68.2 Å². The van der Waals surface area contributed by atoms with Crippen LogP contribution in [-0.4, -0.2) is 38.0 Å². The average Bonchev–Trinajstić information content (AvgIpc) is 2.52. The SMILES string of the molecule is CC(C)(C)C1CCC(P(C)(C)=S)CC1.CC(C)(C)C1CCC(P(C)(C)=S)CC1. The van der Waals surface area contributed by atoms with E-state index in [1.54, 1.807) is 0 Å². The summed E-state index contributed by atoms with van der Waals surface area (Å²) in [6.45, 7) is 23.6. The van der Waals surface area contributed by atoms with Crippen LogP contribution in [0.4, 0.5) is 0 Å². The van der Waals surface area contributed by atoms with Crippen molar-refractivity contribution in [2.75, 3.05) is 26.7 Å². The second kappa shape index (κ2) is 10.3. The predicted molar refractivity (Wildman–Crippen MR) is 143 cm³/mol. The van der Waals surface area contributed by atoms with Gasteiger partial charge in [-0.2, -0.15) is 0 Å². The fourth-order valence-corrected chi connectivity index (χ4v) is 9.48. The van der Waals surface area contributed by atoms with Gasteiger partial charge in [0, 0.05) is 0 Å². The zero-order valence-electron chi connectivity index (χ0n) is 20.7. The maximum atomic E-state index is 5.65. The predicted octanol–water partition coefficient (Wildman–Crippen LogP) is 8.66. The summed E-state index contributed by atoms with van der Waals surface area (Å²) in [4.78, 5) is 0. The van der Waals surface area contributed by atoms with Gasteiger partial charge in [0.25, 0.3) is 0 Å². The summed E-state index contributed by atoms with van der Waals surface area (Å²) in [5.41, 5.74) is 2.79. The third-order valence-electron chi connectivity index (χ3n) is 7.60. The smallest absolute Gasteiger partial charge is 0.0123 e. The molecular weight excluding hydrogens is 414 g/mol. The Morgan fingerprint density at radius 3 is 0.857 bits per heavy atom. The Bertz CT molecular complexity index is 502. The van der Waals surface area contributed by atoms with Crippen LogP contribution >= 0.6 is 12.1 Å². The van der Waals surface area contributed by atoms with Crippen LogP contribution in [0.1, 0.15) is 92.9 Å². The fourth-order valence-electron chi connectivity index (χ4n) is 5.13. The van der Waals surface area contributed by atoms with E-state index in [-0.39, 0.29) is 0 Å². The molecular formula is C24H50P2S2. The molecule has 0 heterocycles. The molecule has 2 rings (SSSR count). The summed E-state index contributed by atoms with van der Waals surface area (Å²) in [5.74, 6) is 1.86. The van der Waals surface area contributed by atoms with Crippen molar-refractivity contribution in [3.05, 3.63) is 0 Å². The molecule has 0 radical (unpaired) electrons. The van der Waals surface area contributed by atoms with E-state index >= 15 is 0 Å². The van der Waals surface area contributed by atoms with Crippen LogP contribution in [-0.2, 0) is 23.6 Å². The van der Waals surface area contributed by atoms with Crippen molar-refractivity contribution >= 4 is 35.7 Å². The Kier molecular flexibility index (Phi) is 10.0. The first-order chi connectivity index (χ1) is 12.4. The van der Waals surface area contributed by atoms with Crippen LogP contribution in [0.15, 0.2) is 0 Å². The van der Waals surface area contributed by atoms with Gasteiger partial charge in [0.1, 0.15) is 0 Å². The van der Waals surface area contributed by atoms with Crippen molar-refractivity contribution in [3.8, 4) is 0 Å². The van der Waals surface area contributed by atoms with Crippen LogP contribution in [0.25, 0.3) is 0 Å². The van der Waals surface area contributed by atoms with Gasteiger partial charge >= 0.3 is 0 Å². The van der Waals surface area contributed by atoms with Crippen molar-refractivity contribution in [1.82, 2.24) is 0 Å². The van der Waals surface area contributed by atoms with Crippen LogP contribution in [0.5, 0.6) is 0 Å².